The van der Waals surface area contributed by atoms with Gasteiger partial charge in [0.15, 0.2) is 23.1 Å². The summed E-state index contributed by atoms with van der Waals surface area (Å²) in [6.45, 7) is 4.91. The van der Waals surface area contributed by atoms with Gasteiger partial charge in [-0.1, -0.05) is 60.7 Å². The number of benzene rings is 3. The molecule has 1 aliphatic rings. The molecule has 0 bridgehead atoms. The molecule has 0 radical (unpaired) electrons. The number of carbonyl (C=O) groups is 1. The Balaban J connectivity index is 1.54. The first-order chi connectivity index (χ1) is 15.5. The summed E-state index contributed by atoms with van der Waals surface area (Å²) >= 11 is 0. The quantitative estimate of drug-likeness (QED) is 0.436. The number of Topliss-reactive ketones (excluding diaryl/α,β-unsaturated/α-hetero) is 1. The van der Waals surface area contributed by atoms with E-state index in [1.165, 1.54) is 0 Å². The molecule has 3 aromatic rings. The number of carbonyl (C=O) groups excluding carboxylic acids is 1. The fourth-order valence-corrected chi connectivity index (χ4v) is 3.58. The Morgan fingerprint density at radius 3 is 2.06 bits per heavy atom. The Kier molecular flexibility index (Phi) is 6.88. The third kappa shape index (κ3) is 5.75. The lowest BCUT2D eigenvalue weighted by Crippen LogP contribution is -2.43. The first-order valence-corrected chi connectivity index (χ1v) is 10.8. The molecule has 5 nitrogen and oxygen atoms in total. The van der Waals surface area contributed by atoms with E-state index in [2.05, 4.69) is 0 Å². The highest BCUT2D eigenvalue weighted by atomic mass is 16.7. The van der Waals surface area contributed by atoms with Gasteiger partial charge in [0.25, 0.3) is 0 Å². The molecule has 166 valence electrons. The molecule has 4 rings (SSSR count). The zero-order chi connectivity index (χ0) is 22.4. The van der Waals surface area contributed by atoms with Crippen molar-refractivity contribution in [3.8, 4) is 11.5 Å². The van der Waals surface area contributed by atoms with Crippen LogP contribution in [0, 0.1) is 0 Å². The predicted molar refractivity (Wildman–Crippen MR) is 122 cm³/mol. The van der Waals surface area contributed by atoms with E-state index in [0.717, 1.165) is 11.1 Å². The van der Waals surface area contributed by atoms with Gasteiger partial charge in [0, 0.05) is 12.0 Å². The molecular weight excluding hydrogens is 404 g/mol. The van der Waals surface area contributed by atoms with Crippen LogP contribution < -0.4 is 9.47 Å². The number of hydrogen-bond acceptors (Lipinski definition) is 5. The van der Waals surface area contributed by atoms with E-state index in [-0.39, 0.29) is 5.78 Å². The average molecular weight is 433 g/mol. The highest BCUT2D eigenvalue weighted by molar-refractivity contribution is 6.00. The van der Waals surface area contributed by atoms with Crippen LogP contribution >= 0.6 is 0 Å². The first kappa shape index (κ1) is 22.1. The van der Waals surface area contributed by atoms with Gasteiger partial charge in [-0.3, -0.25) is 4.79 Å². The summed E-state index contributed by atoms with van der Waals surface area (Å²) in [6.07, 6.45) is -0.0221. The SMILES string of the molecule is CC1(C)OCCC(C(=O)c2ccc(OCc3ccccc3)c(OCc3ccccc3)c2)O1. The van der Waals surface area contributed by atoms with Crippen LogP contribution in [0.4, 0.5) is 0 Å². The molecule has 1 fully saturated rings. The Labute approximate surface area is 188 Å². The third-order valence-electron chi connectivity index (χ3n) is 5.25. The molecule has 1 saturated heterocycles. The number of rotatable bonds is 8. The van der Waals surface area contributed by atoms with Crippen LogP contribution in [0.1, 0.15) is 41.8 Å². The smallest absolute Gasteiger partial charge is 0.191 e. The van der Waals surface area contributed by atoms with E-state index in [1.807, 2.05) is 74.5 Å². The van der Waals surface area contributed by atoms with Crippen molar-refractivity contribution in [3.05, 3.63) is 95.6 Å². The monoisotopic (exact) mass is 432 g/mol. The highest BCUT2D eigenvalue weighted by Crippen LogP contribution is 2.32. The Morgan fingerprint density at radius 2 is 1.47 bits per heavy atom. The van der Waals surface area contributed by atoms with Crippen molar-refractivity contribution in [1.82, 2.24) is 0 Å². The van der Waals surface area contributed by atoms with Crippen LogP contribution in [0.5, 0.6) is 11.5 Å². The van der Waals surface area contributed by atoms with Gasteiger partial charge >= 0.3 is 0 Å². The molecule has 0 aliphatic carbocycles. The van der Waals surface area contributed by atoms with Crippen LogP contribution in [0.15, 0.2) is 78.9 Å². The molecule has 32 heavy (non-hydrogen) atoms. The largest absolute Gasteiger partial charge is 0.485 e. The van der Waals surface area contributed by atoms with Gasteiger partial charge in [-0.15, -0.1) is 0 Å². The Hall–Kier alpha value is -3.15. The molecule has 0 N–H and O–H groups in total. The molecule has 1 heterocycles. The van der Waals surface area contributed by atoms with E-state index in [0.29, 0.717) is 43.3 Å². The van der Waals surface area contributed by atoms with E-state index in [1.54, 1.807) is 18.2 Å². The topological polar surface area (TPSA) is 54.0 Å². The van der Waals surface area contributed by atoms with Crippen molar-refractivity contribution in [3.63, 3.8) is 0 Å². The van der Waals surface area contributed by atoms with Crippen LogP contribution in [0.25, 0.3) is 0 Å². The third-order valence-corrected chi connectivity index (χ3v) is 5.25. The van der Waals surface area contributed by atoms with E-state index >= 15 is 0 Å². The number of hydrogen-bond donors (Lipinski definition) is 0. The molecule has 1 unspecified atom stereocenters. The molecule has 5 heteroatoms. The summed E-state index contributed by atoms with van der Waals surface area (Å²) < 4.78 is 23.5. The van der Waals surface area contributed by atoms with E-state index in [9.17, 15) is 4.79 Å². The summed E-state index contributed by atoms with van der Waals surface area (Å²) in [5.74, 6) is 0.265. The molecule has 0 aromatic heterocycles. The lowest BCUT2D eigenvalue weighted by Gasteiger charge is -2.35. The summed E-state index contributed by atoms with van der Waals surface area (Å²) in [7, 11) is 0. The first-order valence-electron chi connectivity index (χ1n) is 10.8. The zero-order valence-electron chi connectivity index (χ0n) is 18.5. The standard InChI is InChI=1S/C27H28O5/c1-27(2)31-16-15-24(32-27)26(28)22-13-14-23(29-18-20-9-5-3-6-10-20)25(17-22)30-19-21-11-7-4-8-12-21/h3-14,17,24H,15-16,18-19H2,1-2H3. The molecular formula is C27H28O5. The van der Waals surface area contributed by atoms with Crippen molar-refractivity contribution < 1.29 is 23.7 Å². The van der Waals surface area contributed by atoms with E-state index in [4.69, 9.17) is 18.9 Å². The van der Waals surface area contributed by atoms with Gasteiger partial charge in [0.2, 0.25) is 0 Å². The molecule has 3 aromatic carbocycles. The van der Waals surface area contributed by atoms with E-state index < -0.39 is 11.9 Å². The minimum Gasteiger partial charge on any atom is -0.485 e. The van der Waals surface area contributed by atoms with Gasteiger partial charge in [-0.2, -0.15) is 0 Å². The Bertz CT molecular complexity index is 1030. The molecule has 1 atom stereocenters. The molecule has 0 spiro atoms. The minimum atomic E-state index is -0.774. The maximum Gasteiger partial charge on any atom is 0.191 e. The summed E-state index contributed by atoms with van der Waals surface area (Å²) in [4.78, 5) is 13.1. The maximum absolute atomic E-state index is 13.1. The Morgan fingerprint density at radius 1 is 0.875 bits per heavy atom. The fraction of sp³-hybridized carbons (Fsp3) is 0.296. The zero-order valence-corrected chi connectivity index (χ0v) is 18.5. The van der Waals surface area contributed by atoms with Gasteiger partial charge in [0.1, 0.15) is 19.3 Å². The van der Waals surface area contributed by atoms with Gasteiger partial charge in [-0.25, -0.2) is 0 Å². The molecule has 0 saturated carbocycles. The lowest BCUT2D eigenvalue weighted by molar-refractivity contribution is -0.261. The van der Waals surface area contributed by atoms with Gasteiger partial charge in [0.05, 0.1) is 6.61 Å². The van der Waals surface area contributed by atoms with Crippen molar-refractivity contribution in [2.75, 3.05) is 6.61 Å². The maximum atomic E-state index is 13.1. The number of ketones is 1. The molecule has 0 amide bonds. The van der Waals surface area contributed by atoms with Crippen molar-refractivity contribution in [2.24, 2.45) is 0 Å². The summed E-state index contributed by atoms with van der Waals surface area (Å²) in [5.41, 5.74) is 2.62. The second-order valence-corrected chi connectivity index (χ2v) is 8.22. The van der Waals surface area contributed by atoms with Crippen molar-refractivity contribution >= 4 is 5.78 Å². The van der Waals surface area contributed by atoms with Crippen LogP contribution in [-0.2, 0) is 22.7 Å². The normalized spacial score (nSPS) is 17.5. The fourth-order valence-electron chi connectivity index (χ4n) is 3.58. The molecule has 1 aliphatic heterocycles. The van der Waals surface area contributed by atoms with Gasteiger partial charge in [-0.05, 0) is 43.2 Å². The second kappa shape index (κ2) is 9.98. The highest BCUT2D eigenvalue weighted by Gasteiger charge is 2.34. The van der Waals surface area contributed by atoms with Crippen molar-refractivity contribution in [1.29, 1.82) is 0 Å². The minimum absolute atomic E-state index is 0.0828. The average Bonchev–Trinajstić information content (AvgIpc) is 2.82. The van der Waals surface area contributed by atoms with Crippen LogP contribution in [0.3, 0.4) is 0 Å². The summed E-state index contributed by atoms with van der Waals surface area (Å²) in [6, 6.07) is 25.1. The summed E-state index contributed by atoms with van der Waals surface area (Å²) in [5, 5.41) is 0. The van der Waals surface area contributed by atoms with Crippen LogP contribution in [0.2, 0.25) is 0 Å². The van der Waals surface area contributed by atoms with Crippen LogP contribution in [-0.4, -0.2) is 24.3 Å². The van der Waals surface area contributed by atoms with Gasteiger partial charge < -0.3 is 18.9 Å². The van der Waals surface area contributed by atoms with Crippen molar-refractivity contribution in [2.45, 2.75) is 45.4 Å². The number of ether oxygens (including phenoxy) is 4. The predicted octanol–water partition coefficient (Wildman–Crippen LogP) is 5.57. The lowest BCUT2D eigenvalue weighted by atomic mass is 10.0. The second-order valence-electron chi connectivity index (χ2n) is 8.22.